The Morgan fingerprint density at radius 1 is 1.53 bits per heavy atom. The number of hydrogen-bond acceptors (Lipinski definition) is 5. The molecule has 0 spiro atoms. The summed E-state index contributed by atoms with van der Waals surface area (Å²) in [6.45, 7) is 1.77. The summed E-state index contributed by atoms with van der Waals surface area (Å²) in [6, 6.07) is 1.63. The molecule has 2 heterocycles. The molecule has 1 aromatic heterocycles. The van der Waals surface area contributed by atoms with Crippen LogP contribution in [0.25, 0.3) is 0 Å². The summed E-state index contributed by atoms with van der Waals surface area (Å²) in [4.78, 5) is 21.3. The van der Waals surface area contributed by atoms with Crippen molar-refractivity contribution in [1.29, 1.82) is 0 Å². The Morgan fingerprint density at radius 2 is 2.40 bits per heavy atom. The monoisotopic (exact) mass is 207 g/mol. The lowest BCUT2D eigenvalue weighted by Gasteiger charge is -2.18. The second-order valence-corrected chi connectivity index (χ2v) is 3.41. The van der Waals surface area contributed by atoms with E-state index in [0.717, 1.165) is 13.0 Å². The summed E-state index contributed by atoms with van der Waals surface area (Å²) in [7, 11) is 0. The van der Waals surface area contributed by atoms with E-state index < -0.39 is 0 Å². The molecule has 0 saturated carbocycles. The smallest absolute Gasteiger partial charge is 0.239 e. The predicted molar refractivity (Wildman–Crippen MR) is 56.3 cm³/mol. The van der Waals surface area contributed by atoms with Crippen molar-refractivity contribution in [3.63, 3.8) is 0 Å². The van der Waals surface area contributed by atoms with Crippen LogP contribution in [0.15, 0.2) is 12.3 Å². The third-order valence-electron chi connectivity index (χ3n) is 2.21. The molecule has 80 valence electrons. The van der Waals surface area contributed by atoms with Crippen LogP contribution < -0.4 is 16.0 Å². The molecule has 1 saturated heterocycles. The van der Waals surface area contributed by atoms with Gasteiger partial charge in [-0.2, -0.15) is 4.98 Å². The van der Waals surface area contributed by atoms with Crippen molar-refractivity contribution in [2.75, 3.05) is 30.3 Å². The van der Waals surface area contributed by atoms with E-state index in [1.165, 1.54) is 0 Å². The Hall–Kier alpha value is -1.85. The molecule has 0 atom stereocenters. The second-order valence-electron chi connectivity index (χ2n) is 3.41. The SMILES string of the molecule is Nc1ccnc(N2CCCNC(=O)C2)n1. The van der Waals surface area contributed by atoms with E-state index in [0.29, 0.717) is 24.9 Å². The van der Waals surface area contributed by atoms with Gasteiger partial charge < -0.3 is 16.0 Å². The Bertz CT molecular complexity index is 367. The maximum Gasteiger partial charge on any atom is 0.239 e. The van der Waals surface area contributed by atoms with Gasteiger partial charge in [0, 0.05) is 19.3 Å². The minimum atomic E-state index is -0.00137. The lowest BCUT2D eigenvalue weighted by molar-refractivity contribution is -0.119. The maximum atomic E-state index is 11.3. The van der Waals surface area contributed by atoms with Crippen LogP contribution in [0.4, 0.5) is 11.8 Å². The number of nitrogens with zero attached hydrogens (tertiary/aromatic N) is 3. The van der Waals surface area contributed by atoms with Gasteiger partial charge in [0.1, 0.15) is 5.82 Å². The van der Waals surface area contributed by atoms with E-state index in [-0.39, 0.29) is 5.91 Å². The highest BCUT2D eigenvalue weighted by molar-refractivity contribution is 5.81. The molecule has 1 fully saturated rings. The standard InChI is InChI=1S/C9H13N5O/c10-7-2-4-12-9(13-7)14-5-1-3-11-8(15)6-14/h2,4H,1,3,5-6H2,(H,11,15)(H2,10,12,13). The first-order valence-electron chi connectivity index (χ1n) is 4.86. The van der Waals surface area contributed by atoms with E-state index in [1.54, 1.807) is 12.3 Å². The number of nitrogens with two attached hydrogens (primary N) is 1. The van der Waals surface area contributed by atoms with Crippen LogP contribution in [0.2, 0.25) is 0 Å². The van der Waals surface area contributed by atoms with Gasteiger partial charge >= 0.3 is 0 Å². The summed E-state index contributed by atoms with van der Waals surface area (Å²) in [5.74, 6) is 0.940. The zero-order valence-corrected chi connectivity index (χ0v) is 8.31. The average Bonchev–Trinajstić information content (AvgIpc) is 2.43. The molecular formula is C9H13N5O. The molecule has 0 aliphatic carbocycles. The van der Waals surface area contributed by atoms with Crippen LogP contribution >= 0.6 is 0 Å². The van der Waals surface area contributed by atoms with Gasteiger partial charge in [0.05, 0.1) is 6.54 Å². The number of anilines is 2. The first-order chi connectivity index (χ1) is 7.25. The molecule has 0 radical (unpaired) electrons. The quantitative estimate of drug-likeness (QED) is 0.641. The van der Waals surface area contributed by atoms with E-state index in [4.69, 9.17) is 5.73 Å². The fraction of sp³-hybridized carbons (Fsp3) is 0.444. The molecule has 6 nitrogen and oxygen atoms in total. The largest absolute Gasteiger partial charge is 0.384 e. The van der Waals surface area contributed by atoms with Gasteiger partial charge in [-0.05, 0) is 12.5 Å². The fourth-order valence-corrected chi connectivity index (χ4v) is 1.49. The first kappa shape index (κ1) is 9.70. The van der Waals surface area contributed by atoms with Crippen molar-refractivity contribution in [2.45, 2.75) is 6.42 Å². The molecule has 2 rings (SSSR count). The van der Waals surface area contributed by atoms with Gasteiger partial charge in [-0.25, -0.2) is 4.98 Å². The summed E-state index contributed by atoms with van der Waals surface area (Å²) in [6.07, 6.45) is 2.49. The minimum Gasteiger partial charge on any atom is -0.384 e. The van der Waals surface area contributed by atoms with E-state index in [1.807, 2.05) is 4.90 Å². The first-order valence-corrected chi connectivity index (χ1v) is 4.86. The zero-order chi connectivity index (χ0) is 10.7. The normalized spacial score (nSPS) is 17.1. The molecule has 0 bridgehead atoms. The third kappa shape index (κ3) is 2.34. The lowest BCUT2D eigenvalue weighted by Crippen LogP contribution is -2.34. The van der Waals surface area contributed by atoms with Crippen LogP contribution in [0.5, 0.6) is 0 Å². The zero-order valence-electron chi connectivity index (χ0n) is 8.31. The van der Waals surface area contributed by atoms with Crippen molar-refractivity contribution >= 4 is 17.7 Å². The van der Waals surface area contributed by atoms with Crippen molar-refractivity contribution < 1.29 is 4.79 Å². The molecule has 0 aromatic carbocycles. The molecule has 3 N–H and O–H groups in total. The van der Waals surface area contributed by atoms with Gasteiger partial charge in [0.2, 0.25) is 11.9 Å². The van der Waals surface area contributed by atoms with Crippen molar-refractivity contribution in [3.05, 3.63) is 12.3 Å². The Labute approximate surface area is 87.5 Å². The number of carbonyl (C=O) groups excluding carboxylic acids is 1. The summed E-state index contributed by atoms with van der Waals surface area (Å²) < 4.78 is 0. The average molecular weight is 207 g/mol. The topological polar surface area (TPSA) is 84.1 Å². The van der Waals surface area contributed by atoms with Crippen molar-refractivity contribution in [1.82, 2.24) is 15.3 Å². The molecule has 1 amide bonds. The number of rotatable bonds is 1. The number of carbonyl (C=O) groups is 1. The van der Waals surface area contributed by atoms with Crippen LogP contribution in [-0.2, 0) is 4.79 Å². The Balaban J connectivity index is 2.18. The van der Waals surface area contributed by atoms with Crippen LogP contribution in [0, 0.1) is 0 Å². The van der Waals surface area contributed by atoms with Gasteiger partial charge in [0.15, 0.2) is 0 Å². The second kappa shape index (κ2) is 4.12. The Morgan fingerprint density at radius 3 is 3.20 bits per heavy atom. The van der Waals surface area contributed by atoms with E-state index in [2.05, 4.69) is 15.3 Å². The molecular weight excluding hydrogens is 194 g/mol. The molecule has 6 heteroatoms. The highest BCUT2D eigenvalue weighted by Crippen LogP contribution is 2.09. The number of aromatic nitrogens is 2. The van der Waals surface area contributed by atoms with Crippen molar-refractivity contribution in [3.8, 4) is 0 Å². The number of hydrogen-bond donors (Lipinski definition) is 2. The van der Waals surface area contributed by atoms with Crippen LogP contribution in [0.1, 0.15) is 6.42 Å². The molecule has 1 aliphatic rings. The summed E-state index contributed by atoms with van der Waals surface area (Å²) >= 11 is 0. The van der Waals surface area contributed by atoms with Gasteiger partial charge in [-0.15, -0.1) is 0 Å². The molecule has 0 unspecified atom stereocenters. The minimum absolute atomic E-state index is 0.00137. The van der Waals surface area contributed by atoms with Gasteiger partial charge in [0.25, 0.3) is 0 Å². The van der Waals surface area contributed by atoms with Gasteiger partial charge in [-0.1, -0.05) is 0 Å². The van der Waals surface area contributed by atoms with Gasteiger partial charge in [-0.3, -0.25) is 4.79 Å². The highest BCUT2D eigenvalue weighted by Gasteiger charge is 2.16. The summed E-state index contributed by atoms with van der Waals surface area (Å²) in [5, 5.41) is 2.79. The fourth-order valence-electron chi connectivity index (χ4n) is 1.49. The predicted octanol–water partition coefficient (Wildman–Crippen LogP) is -0.615. The number of nitrogen functional groups attached to an aromatic ring is 1. The number of amides is 1. The van der Waals surface area contributed by atoms with E-state index >= 15 is 0 Å². The molecule has 1 aromatic rings. The summed E-state index contributed by atoms with van der Waals surface area (Å²) in [5.41, 5.74) is 5.56. The van der Waals surface area contributed by atoms with Crippen LogP contribution in [-0.4, -0.2) is 35.5 Å². The maximum absolute atomic E-state index is 11.3. The molecule has 1 aliphatic heterocycles. The highest BCUT2D eigenvalue weighted by atomic mass is 16.2. The number of nitrogens with one attached hydrogen (secondary N) is 1. The van der Waals surface area contributed by atoms with E-state index in [9.17, 15) is 4.79 Å². The Kier molecular flexibility index (Phi) is 2.66. The van der Waals surface area contributed by atoms with Crippen molar-refractivity contribution in [2.24, 2.45) is 0 Å². The molecule has 15 heavy (non-hydrogen) atoms. The lowest BCUT2D eigenvalue weighted by atomic mass is 10.4. The third-order valence-corrected chi connectivity index (χ3v) is 2.21. The van der Waals surface area contributed by atoms with Crippen LogP contribution in [0.3, 0.4) is 0 Å².